The summed E-state index contributed by atoms with van der Waals surface area (Å²) in [5, 5.41) is 22.9. The molecule has 1 unspecified atom stereocenters. The monoisotopic (exact) mass is 261 g/mol. The van der Waals surface area contributed by atoms with Gasteiger partial charge in [0.2, 0.25) is 0 Å². The maximum Gasteiger partial charge on any atom is 0.163 e. The van der Waals surface area contributed by atoms with Crippen LogP contribution in [0.2, 0.25) is 0 Å². The number of ether oxygens (including phenoxy) is 1. The highest BCUT2D eigenvalue weighted by Gasteiger charge is 2.25. The number of nitrogens with one attached hydrogen (secondary N) is 1. The summed E-state index contributed by atoms with van der Waals surface area (Å²) in [7, 11) is 0. The number of nitriles is 1. The highest BCUT2D eigenvalue weighted by molar-refractivity contribution is 5.48. The van der Waals surface area contributed by atoms with Gasteiger partial charge >= 0.3 is 0 Å². The van der Waals surface area contributed by atoms with Gasteiger partial charge in [0.15, 0.2) is 11.5 Å². The Labute approximate surface area is 113 Å². The lowest BCUT2D eigenvalue weighted by molar-refractivity contribution is 0.204. The number of hydrogen-bond acceptors (Lipinski definition) is 5. The van der Waals surface area contributed by atoms with Crippen LogP contribution in [0.15, 0.2) is 18.2 Å². The van der Waals surface area contributed by atoms with Crippen LogP contribution < -0.4 is 10.1 Å². The summed E-state index contributed by atoms with van der Waals surface area (Å²) in [6, 6.07) is 7.17. The number of para-hydroxylation sites is 1. The fraction of sp³-hybridized carbons (Fsp3) is 0.500. The SMILES string of the molecule is CCOc1cccc(C(C#N)N2CCNCC2)c1O. The van der Waals surface area contributed by atoms with E-state index in [-0.39, 0.29) is 5.75 Å². The number of rotatable bonds is 4. The molecular weight excluding hydrogens is 242 g/mol. The average molecular weight is 261 g/mol. The quantitative estimate of drug-likeness (QED) is 0.854. The van der Waals surface area contributed by atoms with Crippen molar-refractivity contribution in [2.75, 3.05) is 32.8 Å². The predicted octanol–water partition coefficient (Wildman–Crippen LogP) is 1.26. The Morgan fingerprint density at radius 2 is 2.21 bits per heavy atom. The van der Waals surface area contributed by atoms with Crippen molar-refractivity contribution in [2.45, 2.75) is 13.0 Å². The van der Waals surface area contributed by atoms with Crippen LogP contribution in [-0.2, 0) is 0 Å². The van der Waals surface area contributed by atoms with E-state index in [0.717, 1.165) is 26.2 Å². The molecule has 19 heavy (non-hydrogen) atoms. The number of phenols is 1. The Hall–Kier alpha value is -1.77. The van der Waals surface area contributed by atoms with E-state index in [4.69, 9.17) is 4.74 Å². The zero-order chi connectivity index (χ0) is 13.7. The largest absolute Gasteiger partial charge is 0.504 e. The van der Waals surface area contributed by atoms with Crippen molar-refractivity contribution in [3.8, 4) is 17.6 Å². The third kappa shape index (κ3) is 2.98. The first-order valence-electron chi connectivity index (χ1n) is 6.57. The van der Waals surface area contributed by atoms with Gasteiger partial charge in [0.1, 0.15) is 6.04 Å². The molecular formula is C14H19N3O2. The standard InChI is InChI=1S/C14H19N3O2/c1-2-19-13-5-3-4-11(14(13)18)12(10-15)17-8-6-16-7-9-17/h3-5,12,16,18H,2,6-9H2,1H3. The van der Waals surface area contributed by atoms with Crippen LogP contribution in [0.3, 0.4) is 0 Å². The van der Waals surface area contributed by atoms with Crippen LogP contribution in [-0.4, -0.2) is 42.8 Å². The normalized spacial score (nSPS) is 17.7. The van der Waals surface area contributed by atoms with Gasteiger partial charge in [-0.05, 0) is 13.0 Å². The molecule has 0 spiro atoms. The first-order valence-corrected chi connectivity index (χ1v) is 6.57. The summed E-state index contributed by atoms with van der Waals surface area (Å²) in [5.41, 5.74) is 0.621. The molecule has 2 rings (SSSR count). The molecule has 1 aliphatic rings. The number of hydrogen-bond donors (Lipinski definition) is 2. The molecule has 1 saturated heterocycles. The minimum absolute atomic E-state index is 0.0782. The molecule has 1 atom stereocenters. The molecule has 0 radical (unpaired) electrons. The van der Waals surface area contributed by atoms with E-state index in [0.29, 0.717) is 17.9 Å². The maximum atomic E-state index is 10.2. The molecule has 0 amide bonds. The first-order chi connectivity index (χ1) is 9.27. The summed E-state index contributed by atoms with van der Waals surface area (Å²) in [6.07, 6.45) is 0. The average Bonchev–Trinajstić information content (AvgIpc) is 2.45. The minimum atomic E-state index is -0.428. The lowest BCUT2D eigenvalue weighted by Crippen LogP contribution is -2.44. The summed E-state index contributed by atoms with van der Waals surface area (Å²) in [6.45, 7) is 5.69. The van der Waals surface area contributed by atoms with E-state index in [1.807, 2.05) is 13.0 Å². The fourth-order valence-corrected chi connectivity index (χ4v) is 2.32. The molecule has 2 N–H and O–H groups in total. The van der Waals surface area contributed by atoms with Crippen molar-refractivity contribution in [2.24, 2.45) is 0 Å². The van der Waals surface area contributed by atoms with E-state index in [1.165, 1.54) is 0 Å². The molecule has 0 bridgehead atoms. The molecule has 1 fully saturated rings. The lowest BCUT2D eigenvalue weighted by atomic mass is 10.0. The number of nitrogens with zero attached hydrogens (tertiary/aromatic N) is 2. The van der Waals surface area contributed by atoms with Gasteiger partial charge in [-0.3, -0.25) is 4.90 Å². The van der Waals surface area contributed by atoms with E-state index >= 15 is 0 Å². The van der Waals surface area contributed by atoms with E-state index in [1.54, 1.807) is 12.1 Å². The third-order valence-corrected chi connectivity index (χ3v) is 3.26. The first kappa shape index (κ1) is 13.7. The Morgan fingerprint density at radius 1 is 1.47 bits per heavy atom. The van der Waals surface area contributed by atoms with Crippen LogP contribution in [0.25, 0.3) is 0 Å². The van der Waals surface area contributed by atoms with Gasteiger partial charge in [-0.2, -0.15) is 5.26 Å². The van der Waals surface area contributed by atoms with Crippen molar-refractivity contribution >= 4 is 0 Å². The Morgan fingerprint density at radius 3 is 2.84 bits per heavy atom. The van der Waals surface area contributed by atoms with Crippen LogP contribution >= 0.6 is 0 Å². The fourth-order valence-electron chi connectivity index (χ4n) is 2.32. The van der Waals surface area contributed by atoms with Crippen LogP contribution in [0.5, 0.6) is 11.5 Å². The van der Waals surface area contributed by atoms with Gasteiger partial charge in [-0.1, -0.05) is 12.1 Å². The van der Waals surface area contributed by atoms with Gasteiger partial charge in [0, 0.05) is 31.7 Å². The summed E-state index contributed by atoms with van der Waals surface area (Å²) in [5.74, 6) is 0.518. The van der Waals surface area contributed by atoms with Crippen molar-refractivity contribution in [1.82, 2.24) is 10.2 Å². The zero-order valence-corrected chi connectivity index (χ0v) is 11.1. The Balaban J connectivity index is 2.27. The number of aromatic hydroxyl groups is 1. The van der Waals surface area contributed by atoms with E-state index < -0.39 is 6.04 Å². The molecule has 5 heteroatoms. The molecule has 0 saturated carbocycles. The van der Waals surface area contributed by atoms with Crippen molar-refractivity contribution in [3.05, 3.63) is 23.8 Å². The maximum absolute atomic E-state index is 10.2. The molecule has 0 aliphatic carbocycles. The van der Waals surface area contributed by atoms with E-state index in [2.05, 4.69) is 16.3 Å². The molecule has 1 aromatic rings. The Kier molecular flexibility index (Phi) is 4.61. The topological polar surface area (TPSA) is 68.5 Å². The summed E-state index contributed by atoms with van der Waals surface area (Å²) < 4.78 is 5.37. The second kappa shape index (κ2) is 6.41. The zero-order valence-electron chi connectivity index (χ0n) is 11.1. The van der Waals surface area contributed by atoms with Crippen LogP contribution in [0.1, 0.15) is 18.5 Å². The van der Waals surface area contributed by atoms with E-state index in [9.17, 15) is 10.4 Å². The molecule has 1 aliphatic heterocycles. The predicted molar refractivity (Wildman–Crippen MR) is 72.1 cm³/mol. The molecule has 1 aromatic carbocycles. The van der Waals surface area contributed by atoms with Gasteiger partial charge in [-0.15, -0.1) is 0 Å². The number of piperazine rings is 1. The molecule has 5 nitrogen and oxygen atoms in total. The smallest absolute Gasteiger partial charge is 0.163 e. The third-order valence-electron chi connectivity index (χ3n) is 3.26. The summed E-state index contributed by atoms with van der Waals surface area (Å²) >= 11 is 0. The second-order valence-electron chi connectivity index (χ2n) is 4.44. The molecule has 102 valence electrons. The van der Waals surface area contributed by atoms with Gasteiger partial charge in [-0.25, -0.2) is 0 Å². The van der Waals surface area contributed by atoms with Crippen LogP contribution in [0.4, 0.5) is 0 Å². The lowest BCUT2D eigenvalue weighted by Gasteiger charge is -2.31. The number of phenolic OH excluding ortho intramolecular Hbond substituents is 1. The van der Waals surface area contributed by atoms with Crippen molar-refractivity contribution < 1.29 is 9.84 Å². The highest BCUT2D eigenvalue weighted by Crippen LogP contribution is 2.35. The second-order valence-corrected chi connectivity index (χ2v) is 4.44. The highest BCUT2D eigenvalue weighted by atomic mass is 16.5. The van der Waals surface area contributed by atoms with Gasteiger partial charge < -0.3 is 15.2 Å². The molecule has 1 heterocycles. The van der Waals surface area contributed by atoms with Gasteiger partial charge in [0.05, 0.1) is 12.7 Å². The van der Waals surface area contributed by atoms with Gasteiger partial charge in [0.25, 0.3) is 0 Å². The van der Waals surface area contributed by atoms with Crippen molar-refractivity contribution in [3.63, 3.8) is 0 Å². The van der Waals surface area contributed by atoms with Crippen molar-refractivity contribution in [1.29, 1.82) is 5.26 Å². The summed E-state index contributed by atoms with van der Waals surface area (Å²) in [4.78, 5) is 2.07. The minimum Gasteiger partial charge on any atom is -0.504 e. The number of benzene rings is 1. The molecule has 0 aromatic heterocycles. The van der Waals surface area contributed by atoms with Crippen LogP contribution in [0, 0.1) is 11.3 Å². The Bertz CT molecular complexity index is 464.